The summed E-state index contributed by atoms with van der Waals surface area (Å²) in [5, 5.41) is 16.7. The number of carbonyl (C=O) groups is 1. The van der Waals surface area contributed by atoms with Gasteiger partial charge in [-0.1, -0.05) is 5.16 Å². The van der Waals surface area contributed by atoms with E-state index in [1.807, 2.05) is 56.4 Å². The van der Waals surface area contributed by atoms with Crippen LogP contribution in [0.4, 0.5) is 0 Å². The molecule has 0 aliphatic carbocycles. The van der Waals surface area contributed by atoms with Crippen LogP contribution in [-0.2, 0) is 13.6 Å². The summed E-state index contributed by atoms with van der Waals surface area (Å²) >= 11 is 0. The van der Waals surface area contributed by atoms with E-state index in [2.05, 4.69) is 25.7 Å². The number of aromatic nitrogens is 6. The quantitative estimate of drug-likeness (QED) is 0.545. The molecule has 0 bridgehead atoms. The number of hydrogen-bond acceptors (Lipinski definition) is 6. The number of amides is 1. The number of nitrogens with one attached hydrogen (secondary N) is 1. The Morgan fingerprint density at radius 3 is 2.60 bits per heavy atom. The zero-order valence-corrected chi connectivity index (χ0v) is 18.0. The molecule has 4 rings (SSSR count). The molecule has 0 aliphatic rings. The van der Waals surface area contributed by atoms with E-state index in [4.69, 9.17) is 4.52 Å². The summed E-state index contributed by atoms with van der Waals surface area (Å²) in [6.07, 6.45) is 1.88. The standard InChI is InChI=1S/C21H25N7O2/c1-7-28-9-8-16(25-28)17-10-15(19-13(4)26-30-21(19)23-17)20(29)22-11(2)18-12(3)24-27(6)14(18)5/h8-11H,7H2,1-6H3,(H,22,29)/t11-/m1/s1. The van der Waals surface area contributed by atoms with Crippen LogP contribution in [-0.4, -0.2) is 35.6 Å². The zero-order chi connectivity index (χ0) is 21.6. The SMILES string of the molecule is CCn1ccc(-c2cc(C(=O)N[C@H](C)c3c(C)nn(C)c3C)c3c(C)noc3n2)n1. The van der Waals surface area contributed by atoms with E-state index in [0.29, 0.717) is 33.7 Å². The first kappa shape index (κ1) is 19.8. The maximum atomic E-state index is 13.3. The predicted octanol–water partition coefficient (Wildman–Crippen LogP) is 3.26. The van der Waals surface area contributed by atoms with Gasteiger partial charge < -0.3 is 9.84 Å². The van der Waals surface area contributed by atoms with E-state index in [1.54, 1.807) is 13.0 Å². The normalized spacial score (nSPS) is 12.5. The van der Waals surface area contributed by atoms with Crippen molar-refractivity contribution < 1.29 is 9.32 Å². The summed E-state index contributed by atoms with van der Waals surface area (Å²) in [4.78, 5) is 17.8. The second kappa shape index (κ2) is 7.40. The second-order valence-corrected chi connectivity index (χ2v) is 7.46. The van der Waals surface area contributed by atoms with Crippen molar-refractivity contribution >= 4 is 17.0 Å². The van der Waals surface area contributed by atoms with Gasteiger partial charge in [0, 0.05) is 31.0 Å². The first-order valence-electron chi connectivity index (χ1n) is 9.92. The van der Waals surface area contributed by atoms with Gasteiger partial charge in [0.1, 0.15) is 5.69 Å². The molecule has 9 nitrogen and oxygen atoms in total. The molecule has 0 unspecified atom stereocenters. The van der Waals surface area contributed by atoms with Crippen LogP contribution in [0.3, 0.4) is 0 Å². The summed E-state index contributed by atoms with van der Waals surface area (Å²) < 4.78 is 9.01. The van der Waals surface area contributed by atoms with E-state index in [9.17, 15) is 4.79 Å². The van der Waals surface area contributed by atoms with Crippen LogP contribution in [0.5, 0.6) is 0 Å². The van der Waals surface area contributed by atoms with Crippen molar-refractivity contribution in [2.24, 2.45) is 7.05 Å². The Balaban J connectivity index is 1.75. The Morgan fingerprint density at radius 1 is 1.20 bits per heavy atom. The van der Waals surface area contributed by atoms with Crippen molar-refractivity contribution in [1.29, 1.82) is 0 Å². The van der Waals surface area contributed by atoms with Crippen LogP contribution in [0.15, 0.2) is 22.9 Å². The largest absolute Gasteiger partial charge is 0.345 e. The molecule has 0 radical (unpaired) electrons. The molecule has 1 atom stereocenters. The molecule has 4 heterocycles. The van der Waals surface area contributed by atoms with E-state index in [0.717, 1.165) is 23.5 Å². The smallest absolute Gasteiger partial charge is 0.259 e. The van der Waals surface area contributed by atoms with E-state index in [-0.39, 0.29) is 11.9 Å². The summed E-state index contributed by atoms with van der Waals surface area (Å²) in [5.74, 6) is -0.222. The molecule has 4 aromatic rings. The molecule has 0 fully saturated rings. The molecule has 0 saturated heterocycles. The van der Waals surface area contributed by atoms with Crippen molar-refractivity contribution in [3.8, 4) is 11.4 Å². The maximum absolute atomic E-state index is 13.3. The number of pyridine rings is 1. The van der Waals surface area contributed by atoms with Crippen molar-refractivity contribution in [3.05, 3.63) is 46.5 Å². The Labute approximate surface area is 174 Å². The highest BCUT2D eigenvalue weighted by Crippen LogP contribution is 2.27. The maximum Gasteiger partial charge on any atom is 0.259 e. The lowest BCUT2D eigenvalue weighted by atomic mass is 10.0. The molecule has 0 spiro atoms. The number of nitrogens with zero attached hydrogens (tertiary/aromatic N) is 6. The van der Waals surface area contributed by atoms with E-state index in [1.165, 1.54) is 0 Å². The van der Waals surface area contributed by atoms with Crippen LogP contribution in [0.1, 0.15) is 52.9 Å². The van der Waals surface area contributed by atoms with Gasteiger partial charge in [-0.2, -0.15) is 10.2 Å². The van der Waals surface area contributed by atoms with Gasteiger partial charge in [0.25, 0.3) is 11.6 Å². The van der Waals surface area contributed by atoms with Crippen LogP contribution in [0.25, 0.3) is 22.5 Å². The van der Waals surface area contributed by atoms with Gasteiger partial charge in [0.05, 0.1) is 34.1 Å². The molecule has 0 saturated carbocycles. The minimum Gasteiger partial charge on any atom is -0.345 e. The average molecular weight is 407 g/mol. The molecule has 30 heavy (non-hydrogen) atoms. The van der Waals surface area contributed by atoms with Gasteiger partial charge >= 0.3 is 0 Å². The Bertz CT molecular complexity index is 1250. The van der Waals surface area contributed by atoms with E-state index >= 15 is 0 Å². The van der Waals surface area contributed by atoms with E-state index < -0.39 is 0 Å². The third-order valence-electron chi connectivity index (χ3n) is 5.43. The minimum atomic E-state index is -0.222. The highest BCUT2D eigenvalue weighted by Gasteiger charge is 2.23. The first-order valence-corrected chi connectivity index (χ1v) is 9.92. The molecular formula is C21H25N7O2. The zero-order valence-electron chi connectivity index (χ0n) is 18.0. The molecular weight excluding hydrogens is 382 g/mol. The number of fused-ring (bicyclic) bond motifs is 1. The summed E-state index contributed by atoms with van der Waals surface area (Å²) in [6.45, 7) is 10.5. The van der Waals surface area contributed by atoms with Gasteiger partial charge in [-0.3, -0.25) is 14.2 Å². The van der Waals surface area contributed by atoms with Crippen LogP contribution < -0.4 is 5.32 Å². The number of carbonyl (C=O) groups excluding carboxylic acids is 1. The molecule has 1 amide bonds. The second-order valence-electron chi connectivity index (χ2n) is 7.46. The Morgan fingerprint density at radius 2 is 1.97 bits per heavy atom. The fourth-order valence-corrected chi connectivity index (χ4v) is 3.84. The van der Waals surface area contributed by atoms with Crippen LogP contribution in [0.2, 0.25) is 0 Å². The third-order valence-corrected chi connectivity index (χ3v) is 5.43. The highest BCUT2D eigenvalue weighted by atomic mass is 16.5. The fraction of sp³-hybridized carbons (Fsp3) is 0.381. The van der Waals surface area contributed by atoms with Gasteiger partial charge in [-0.15, -0.1) is 0 Å². The molecule has 1 N–H and O–H groups in total. The summed E-state index contributed by atoms with van der Waals surface area (Å²) in [7, 11) is 1.90. The van der Waals surface area contributed by atoms with Crippen molar-refractivity contribution in [1.82, 2.24) is 35.0 Å². The Hall–Kier alpha value is -3.49. The van der Waals surface area contributed by atoms with Crippen molar-refractivity contribution in [2.45, 2.75) is 47.2 Å². The van der Waals surface area contributed by atoms with Gasteiger partial charge in [-0.25, -0.2) is 4.98 Å². The summed E-state index contributed by atoms with van der Waals surface area (Å²) in [5.41, 5.74) is 5.58. The highest BCUT2D eigenvalue weighted by molar-refractivity contribution is 6.07. The molecule has 0 aliphatic heterocycles. The van der Waals surface area contributed by atoms with Crippen LogP contribution >= 0.6 is 0 Å². The molecule has 4 aromatic heterocycles. The lowest BCUT2D eigenvalue weighted by molar-refractivity contribution is 0.0941. The minimum absolute atomic E-state index is 0.211. The number of hydrogen-bond donors (Lipinski definition) is 1. The monoisotopic (exact) mass is 407 g/mol. The lowest BCUT2D eigenvalue weighted by Gasteiger charge is -2.15. The van der Waals surface area contributed by atoms with Crippen molar-refractivity contribution in [3.63, 3.8) is 0 Å². The number of aryl methyl sites for hydroxylation is 4. The lowest BCUT2D eigenvalue weighted by Crippen LogP contribution is -2.27. The van der Waals surface area contributed by atoms with Gasteiger partial charge in [-0.05, 0) is 46.8 Å². The first-order chi connectivity index (χ1) is 14.3. The summed E-state index contributed by atoms with van der Waals surface area (Å²) in [6, 6.07) is 3.41. The topological polar surface area (TPSA) is 104 Å². The van der Waals surface area contributed by atoms with Gasteiger partial charge in [0.2, 0.25) is 0 Å². The molecule has 156 valence electrons. The predicted molar refractivity (Wildman–Crippen MR) is 112 cm³/mol. The van der Waals surface area contributed by atoms with Crippen LogP contribution in [0, 0.1) is 20.8 Å². The average Bonchev–Trinajstić information content (AvgIpc) is 3.39. The van der Waals surface area contributed by atoms with Crippen molar-refractivity contribution in [2.75, 3.05) is 0 Å². The van der Waals surface area contributed by atoms with Gasteiger partial charge in [0.15, 0.2) is 0 Å². The number of rotatable bonds is 5. The fourth-order valence-electron chi connectivity index (χ4n) is 3.84. The molecule has 9 heteroatoms. The third kappa shape index (κ3) is 3.26. The molecule has 0 aromatic carbocycles. The Kier molecular flexibility index (Phi) is 4.89.